The molecule has 152 valence electrons. The normalized spacial score (nSPS) is 29.0. The van der Waals surface area contributed by atoms with Crippen LogP contribution in [0.3, 0.4) is 0 Å². The predicted molar refractivity (Wildman–Crippen MR) is 107 cm³/mol. The molecule has 2 fully saturated rings. The van der Waals surface area contributed by atoms with Gasteiger partial charge in [0, 0.05) is 40.4 Å². The summed E-state index contributed by atoms with van der Waals surface area (Å²) in [6.45, 7) is 2.30. The summed E-state index contributed by atoms with van der Waals surface area (Å²) in [4.78, 5) is 26.3. The first kappa shape index (κ1) is 18.9. The second kappa shape index (κ2) is 6.43. The number of thiazole rings is 1. The van der Waals surface area contributed by atoms with E-state index in [4.69, 9.17) is 0 Å². The first-order valence-corrected chi connectivity index (χ1v) is 12.0. The molecule has 0 radical (unpaired) electrons. The molecule has 3 aliphatic rings. The van der Waals surface area contributed by atoms with Crippen LogP contribution in [-0.4, -0.2) is 38.0 Å². The summed E-state index contributed by atoms with van der Waals surface area (Å²) >= 11 is 1.62. The fraction of sp³-hybridized carbons (Fsp3) is 0.421. The number of nitrogens with one attached hydrogen (secondary N) is 3. The Morgan fingerprint density at radius 1 is 1.31 bits per heavy atom. The van der Waals surface area contributed by atoms with E-state index in [9.17, 15) is 18.0 Å². The third-order valence-corrected chi connectivity index (χ3v) is 9.29. The molecule has 1 aliphatic carbocycles. The Kier molecular flexibility index (Phi) is 4.18. The van der Waals surface area contributed by atoms with Crippen molar-refractivity contribution in [2.24, 2.45) is 0 Å². The average Bonchev–Trinajstić information content (AvgIpc) is 3.05. The zero-order valence-electron chi connectivity index (χ0n) is 15.7. The van der Waals surface area contributed by atoms with Crippen LogP contribution in [0.15, 0.2) is 17.5 Å². The number of rotatable bonds is 4. The zero-order valence-corrected chi connectivity index (χ0v) is 17.3. The number of sulfone groups is 1. The molecule has 2 saturated heterocycles. The van der Waals surface area contributed by atoms with Crippen LogP contribution in [0.2, 0.25) is 0 Å². The molecular weight excluding hydrogens is 412 g/mol. The van der Waals surface area contributed by atoms with Crippen molar-refractivity contribution < 1.29 is 18.0 Å². The van der Waals surface area contributed by atoms with Crippen LogP contribution in [0, 0.1) is 6.92 Å². The molecule has 2 aromatic rings. The minimum absolute atomic E-state index is 0.0156. The van der Waals surface area contributed by atoms with Crippen LogP contribution < -0.4 is 16.0 Å². The van der Waals surface area contributed by atoms with Gasteiger partial charge < -0.3 is 5.32 Å². The van der Waals surface area contributed by atoms with Crippen molar-refractivity contribution in [1.82, 2.24) is 20.9 Å². The van der Waals surface area contributed by atoms with E-state index in [2.05, 4.69) is 20.9 Å². The van der Waals surface area contributed by atoms with Crippen LogP contribution in [0.25, 0.3) is 0 Å². The molecule has 0 bridgehead atoms. The van der Waals surface area contributed by atoms with E-state index >= 15 is 0 Å². The van der Waals surface area contributed by atoms with Gasteiger partial charge in [0.1, 0.15) is 5.01 Å². The second-order valence-corrected chi connectivity index (χ2v) is 10.8. The molecular formula is C19H20N4O4S2. The summed E-state index contributed by atoms with van der Waals surface area (Å²) < 4.78 is 25.8. The van der Waals surface area contributed by atoms with Gasteiger partial charge in [0.25, 0.3) is 5.91 Å². The van der Waals surface area contributed by atoms with Crippen LogP contribution >= 0.6 is 11.3 Å². The quantitative estimate of drug-likeness (QED) is 0.618. The summed E-state index contributed by atoms with van der Waals surface area (Å²) in [5, 5.41) is 11.9. The lowest BCUT2D eigenvalue weighted by Crippen LogP contribution is -2.31. The Morgan fingerprint density at radius 3 is 2.76 bits per heavy atom. The lowest BCUT2D eigenvalue weighted by atomic mass is 10.0. The number of benzene rings is 1. The first-order chi connectivity index (χ1) is 13.9. The molecule has 2 unspecified atom stereocenters. The molecule has 1 spiro atoms. The number of fused-ring (bicyclic) bond motifs is 3. The number of aromatic nitrogens is 1. The number of carbonyl (C=O) groups excluding carboxylic acids is 2. The maximum absolute atomic E-state index is 12.9. The van der Waals surface area contributed by atoms with Gasteiger partial charge in [-0.1, -0.05) is 6.07 Å². The van der Waals surface area contributed by atoms with Gasteiger partial charge in [-0.15, -0.1) is 11.3 Å². The minimum Gasteiger partial charge on any atom is -0.301 e. The van der Waals surface area contributed by atoms with Crippen LogP contribution in [-0.2, 0) is 19.5 Å². The van der Waals surface area contributed by atoms with E-state index in [0.29, 0.717) is 24.1 Å². The highest BCUT2D eigenvalue weighted by Gasteiger charge is 2.66. The van der Waals surface area contributed by atoms with Gasteiger partial charge in [0.05, 0.1) is 11.8 Å². The van der Waals surface area contributed by atoms with Crippen molar-refractivity contribution in [2.45, 2.75) is 36.7 Å². The van der Waals surface area contributed by atoms with Crippen molar-refractivity contribution in [3.05, 3.63) is 50.5 Å². The highest BCUT2D eigenvalue weighted by molar-refractivity contribution is 7.93. The second-order valence-electron chi connectivity index (χ2n) is 7.65. The molecule has 10 heteroatoms. The van der Waals surface area contributed by atoms with Gasteiger partial charge in [0.2, 0.25) is 6.41 Å². The van der Waals surface area contributed by atoms with Crippen molar-refractivity contribution in [2.75, 3.05) is 12.3 Å². The molecule has 2 amide bonds. The third-order valence-electron chi connectivity index (χ3n) is 5.98. The Bertz CT molecular complexity index is 1140. The van der Waals surface area contributed by atoms with Crippen molar-refractivity contribution in [3.63, 3.8) is 0 Å². The highest BCUT2D eigenvalue weighted by atomic mass is 32.2. The van der Waals surface area contributed by atoms with Gasteiger partial charge in [-0.2, -0.15) is 0 Å². The Balaban J connectivity index is 1.54. The van der Waals surface area contributed by atoms with Crippen LogP contribution in [0.5, 0.6) is 0 Å². The third kappa shape index (κ3) is 2.63. The zero-order chi connectivity index (χ0) is 20.4. The van der Waals surface area contributed by atoms with Crippen molar-refractivity contribution in [3.8, 4) is 0 Å². The number of aryl methyl sites for hydroxylation is 1. The van der Waals surface area contributed by atoms with E-state index in [1.807, 2.05) is 18.4 Å². The monoisotopic (exact) mass is 432 g/mol. The van der Waals surface area contributed by atoms with Gasteiger partial charge in [-0.3, -0.25) is 20.2 Å². The van der Waals surface area contributed by atoms with Gasteiger partial charge in [-0.25, -0.2) is 13.4 Å². The fourth-order valence-corrected chi connectivity index (χ4v) is 7.61. The summed E-state index contributed by atoms with van der Waals surface area (Å²) in [6, 6.07) is 3.56. The van der Waals surface area contributed by atoms with E-state index in [-0.39, 0.29) is 23.4 Å². The maximum atomic E-state index is 12.9. The minimum atomic E-state index is -3.48. The molecule has 8 nitrogen and oxygen atoms in total. The van der Waals surface area contributed by atoms with Crippen LogP contribution in [0.4, 0.5) is 0 Å². The van der Waals surface area contributed by atoms with Crippen molar-refractivity contribution >= 4 is 33.5 Å². The summed E-state index contributed by atoms with van der Waals surface area (Å²) in [5.41, 5.74) is 3.29. The maximum Gasteiger partial charge on any atom is 0.258 e. The van der Waals surface area contributed by atoms with E-state index in [1.165, 1.54) is 0 Å². The lowest BCUT2D eigenvalue weighted by molar-refractivity contribution is -0.108. The van der Waals surface area contributed by atoms with E-state index in [1.54, 1.807) is 17.4 Å². The SMILES string of the molecule is Cc1csc([C@H]2CCC(c3ccc(C(=O)NC=O)c4c3C43NCCS3(=O)=O)N2)n1. The van der Waals surface area contributed by atoms with E-state index < -0.39 is 20.6 Å². The highest BCUT2D eigenvalue weighted by Crippen LogP contribution is 2.59. The number of amides is 2. The van der Waals surface area contributed by atoms with Crippen molar-refractivity contribution in [1.29, 1.82) is 0 Å². The molecule has 3 heterocycles. The Labute approximate surface area is 172 Å². The Hall–Kier alpha value is -2.14. The number of hydrogen-bond donors (Lipinski definition) is 3. The standard InChI is InChI=1S/C19H20N4O4S2/c1-10-8-28-18(22-10)14-5-4-13(23-14)11-2-3-12(17(25)20-9-24)16-15(11)19(16)21-6-7-29(19,26)27/h2-3,8-9,13-14,21,23H,4-7H2,1H3,(H,20,24,25)/t13?,14-,19?/m1/s1. The number of nitrogens with zero attached hydrogens (tertiary/aromatic N) is 1. The van der Waals surface area contributed by atoms with Gasteiger partial charge in [0.15, 0.2) is 14.7 Å². The number of imide groups is 1. The first-order valence-electron chi connectivity index (χ1n) is 9.47. The largest absolute Gasteiger partial charge is 0.301 e. The fourth-order valence-electron chi connectivity index (χ4n) is 4.71. The number of hydrogen-bond acceptors (Lipinski definition) is 8. The predicted octanol–water partition coefficient (Wildman–Crippen LogP) is 1.04. The molecule has 5 rings (SSSR count). The smallest absolute Gasteiger partial charge is 0.258 e. The molecule has 1 aromatic heterocycles. The molecule has 2 aliphatic heterocycles. The van der Waals surface area contributed by atoms with Gasteiger partial charge in [-0.05, 0) is 31.4 Å². The van der Waals surface area contributed by atoms with Gasteiger partial charge >= 0.3 is 0 Å². The summed E-state index contributed by atoms with van der Waals surface area (Å²) in [7, 11) is -3.48. The molecule has 1 aromatic carbocycles. The number of carbonyl (C=O) groups is 2. The average molecular weight is 433 g/mol. The lowest BCUT2D eigenvalue weighted by Gasteiger charge is -2.15. The molecule has 0 saturated carbocycles. The topological polar surface area (TPSA) is 117 Å². The molecule has 3 N–H and O–H groups in total. The Morgan fingerprint density at radius 2 is 2.10 bits per heavy atom. The van der Waals surface area contributed by atoms with Crippen LogP contribution in [0.1, 0.15) is 62.7 Å². The molecule has 29 heavy (non-hydrogen) atoms. The molecule has 3 atom stereocenters. The summed E-state index contributed by atoms with van der Waals surface area (Å²) in [6.07, 6.45) is 2.08. The summed E-state index contributed by atoms with van der Waals surface area (Å²) in [5.74, 6) is -0.561. The van der Waals surface area contributed by atoms with E-state index in [0.717, 1.165) is 29.1 Å².